The minimum absolute atomic E-state index is 0.0746. The number of nitrogens with one attached hydrogen (secondary N) is 2. The largest absolute Gasteiger partial charge is 0.316 e. The molecular weight excluding hydrogens is 238 g/mol. The first-order chi connectivity index (χ1) is 9.33. The Morgan fingerprint density at radius 3 is 2.79 bits per heavy atom. The Balaban J connectivity index is 1.98. The Bertz CT molecular complexity index is 600. The quantitative estimate of drug-likeness (QED) is 0.861. The Labute approximate surface area is 111 Å². The molecule has 1 aliphatic heterocycles. The van der Waals surface area contributed by atoms with Crippen molar-refractivity contribution in [3.63, 3.8) is 0 Å². The Hall–Kier alpha value is -1.94. The Morgan fingerprint density at radius 1 is 1.21 bits per heavy atom. The van der Waals surface area contributed by atoms with Crippen LogP contribution in [0.1, 0.15) is 24.6 Å². The molecule has 2 heterocycles. The fraction of sp³-hybridized carbons (Fsp3) is 0.333. The normalized spacial score (nSPS) is 19.3. The highest BCUT2D eigenvalue weighted by Crippen LogP contribution is 2.21. The number of hydrogen-bond donors (Lipinski definition) is 2. The standard InChI is InChI=1S/C15H17N3O/c19-14-9-13(11-5-2-1-3-6-11)17-15(18-14)12-7-4-8-16-10-12/h1-3,5-6,9,12,16H,4,7-8,10H2,(H,17,18,19). The van der Waals surface area contributed by atoms with E-state index >= 15 is 0 Å². The number of rotatable bonds is 2. The lowest BCUT2D eigenvalue weighted by Crippen LogP contribution is -2.30. The number of H-pyrrole nitrogens is 1. The number of piperidine rings is 1. The van der Waals surface area contributed by atoms with Crippen LogP contribution in [0.25, 0.3) is 11.3 Å². The summed E-state index contributed by atoms with van der Waals surface area (Å²) in [6.45, 7) is 1.94. The van der Waals surface area contributed by atoms with E-state index in [2.05, 4.69) is 15.3 Å². The van der Waals surface area contributed by atoms with E-state index in [0.717, 1.165) is 43.0 Å². The molecule has 1 atom stereocenters. The first kappa shape index (κ1) is 12.1. The van der Waals surface area contributed by atoms with Gasteiger partial charge in [-0.2, -0.15) is 0 Å². The van der Waals surface area contributed by atoms with Gasteiger partial charge in [0.1, 0.15) is 5.82 Å². The molecule has 0 radical (unpaired) electrons. The molecule has 19 heavy (non-hydrogen) atoms. The lowest BCUT2D eigenvalue weighted by molar-refractivity contribution is 0.446. The first-order valence-electron chi connectivity index (χ1n) is 6.70. The average Bonchev–Trinajstić information content (AvgIpc) is 2.48. The molecule has 0 saturated carbocycles. The van der Waals surface area contributed by atoms with Gasteiger partial charge >= 0.3 is 0 Å². The monoisotopic (exact) mass is 255 g/mol. The topological polar surface area (TPSA) is 57.8 Å². The number of aromatic amines is 1. The molecule has 2 N–H and O–H groups in total. The van der Waals surface area contributed by atoms with Crippen molar-refractivity contribution >= 4 is 0 Å². The molecule has 98 valence electrons. The summed E-state index contributed by atoms with van der Waals surface area (Å²) in [6, 6.07) is 11.4. The molecule has 0 aliphatic carbocycles. The molecule has 1 saturated heterocycles. The van der Waals surface area contributed by atoms with E-state index in [1.165, 1.54) is 0 Å². The molecule has 2 aromatic rings. The van der Waals surface area contributed by atoms with Gasteiger partial charge in [0.25, 0.3) is 5.56 Å². The highest BCUT2D eigenvalue weighted by molar-refractivity contribution is 5.58. The molecule has 1 aliphatic rings. The second-order valence-corrected chi connectivity index (χ2v) is 4.93. The minimum Gasteiger partial charge on any atom is -0.316 e. The van der Waals surface area contributed by atoms with Gasteiger partial charge in [0.15, 0.2) is 0 Å². The number of aromatic nitrogens is 2. The van der Waals surface area contributed by atoms with Gasteiger partial charge in [-0.25, -0.2) is 4.98 Å². The van der Waals surface area contributed by atoms with Gasteiger partial charge in [0.05, 0.1) is 5.69 Å². The van der Waals surface area contributed by atoms with Gasteiger partial charge in [-0.05, 0) is 19.4 Å². The van der Waals surface area contributed by atoms with E-state index < -0.39 is 0 Å². The van der Waals surface area contributed by atoms with Crippen LogP contribution in [0.4, 0.5) is 0 Å². The lowest BCUT2D eigenvalue weighted by Gasteiger charge is -2.22. The molecular formula is C15H17N3O. The van der Waals surface area contributed by atoms with E-state index in [9.17, 15) is 4.79 Å². The van der Waals surface area contributed by atoms with Gasteiger partial charge in [-0.3, -0.25) is 4.79 Å². The SMILES string of the molecule is O=c1cc(-c2ccccc2)nc(C2CCCNC2)[nH]1. The van der Waals surface area contributed by atoms with Crippen LogP contribution in [0.2, 0.25) is 0 Å². The molecule has 0 amide bonds. The molecule has 1 unspecified atom stereocenters. The number of nitrogens with zero attached hydrogens (tertiary/aromatic N) is 1. The summed E-state index contributed by atoms with van der Waals surface area (Å²) < 4.78 is 0. The van der Waals surface area contributed by atoms with Crippen LogP contribution in [-0.2, 0) is 0 Å². The summed E-state index contributed by atoms with van der Waals surface area (Å²) in [5.41, 5.74) is 1.66. The van der Waals surface area contributed by atoms with Crippen LogP contribution in [0.15, 0.2) is 41.2 Å². The zero-order valence-corrected chi connectivity index (χ0v) is 10.7. The highest BCUT2D eigenvalue weighted by atomic mass is 16.1. The van der Waals surface area contributed by atoms with Crippen molar-refractivity contribution < 1.29 is 0 Å². The minimum atomic E-state index is -0.0746. The number of benzene rings is 1. The van der Waals surface area contributed by atoms with Crippen molar-refractivity contribution in [3.8, 4) is 11.3 Å². The van der Waals surface area contributed by atoms with Crippen molar-refractivity contribution in [3.05, 3.63) is 52.6 Å². The molecule has 1 fully saturated rings. The molecule has 0 bridgehead atoms. The van der Waals surface area contributed by atoms with Crippen LogP contribution in [0, 0.1) is 0 Å². The Morgan fingerprint density at radius 2 is 2.05 bits per heavy atom. The molecule has 4 heteroatoms. The van der Waals surface area contributed by atoms with Crippen LogP contribution >= 0.6 is 0 Å². The fourth-order valence-corrected chi connectivity index (χ4v) is 2.51. The van der Waals surface area contributed by atoms with Crippen LogP contribution in [-0.4, -0.2) is 23.1 Å². The molecule has 3 rings (SSSR count). The van der Waals surface area contributed by atoms with Crippen LogP contribution in [0.3, 0.4) is 0 Å². The van der Waals surface area contributed by atoms with E-state index in [1.54, 1.807) is 6.07 Å². The van der Waals surface area contributed by atoms with Gasteiger partial charge in [-0.1, -0.05) is 30.3 Å². The summed E-state index contributed by atoms with van der Waals surface area (Å²) in [4.78, 5) is 19.3. The lowest BCUT2D eigenvalue weighted by atomic mass is 9.98. The first-order valence-corrected chi connectivity index (χ1v) is 6.70. The zero-order valence-electron chi connectivity index (χ0n) is 10.7. The summed E-state index contributed by atoms with van der Waals surface area (Å²) in [7, 11) is 0. The Kier molecular flexibility index (Phi) is 3.42. The fourth-order valence-electron chi connectivity index (χ4n) is 2.51. The van der Waals surface area contributed by atoms with Crippen LogP contribution in [0.5, 0.6) is 0 Å². The van der Waals surface area contributed by atoms with Crippen molar-refractivity contribution in [2.45, 2.75) is 18.8 Å². The third kappa shape index (κ3) is 2.74. The second-order valence-electron chi connectivity index (χ2n) is 4.93. The van der Waals surface area contributed by atoms with Crippen molar-refractivity contribution in [2.24, 2.45) is 0 Å². The van der Waals surface area contributed by atoms with Crippen LogP contribution < -0.4 is 10.9 Å². The molecule has 1 aromatic carbocycles. The van der Waals surface area contributed by atoms with Crippen molar-refractivity contribution in [1.82, 2.24) is 15.3 Å². The maximum Gasteiger partial charge on any atom is 0.251 e. The number of hydrogen-bond acceptors (Lipinski definition) is 3. The average molecular weight is 255 g/mol. The summed E-state index contributed by atoms with van der Waals surface area (Å²) >= 11 is 0. The summed E-state index contributed by atoms with van der Waals surface area (Å²) in [5, 5.41) is 3.35. The third-order valence-electron chi connectivity index (χ3n) is 3.51. The van der Waals surface area contributed by atoms with E-state index in [4.69, 9.17) is 0 Å². The molecule has 1 aromatic heterocycles. The summed E-state index contributed by atoms with van der Waals surface area (Å²) in [6.07, 6.45) is 2.21. The van der Waals surface area contributed by atoms with E-state index in [1.807, 2.05) is 30.3 Å². The molecule has 0 spiro atoms. The highest BCUT2D eigenvalue weighted by Gasteiger charge is 2.18. The summed E-state index contributed by atoms with van der Waals surface area (Å²) in [5.74, 6) is 1.11. The zero-order chi connectivity index (χ0) is 13.1. The van der Waals surface area contributed by atoms with Crippen molar-refractivity contribution in [1.29, 1.82) is 0 Å². The van der Waals surface area contributed by atoms with Crippen molar-refractivity contribution in [2.75, 3.05) is 13.1 Å². The third-order valence-corrected chi connectivity index (χ3v) is 3.51. The maximum absolute atomic E-state index is 11.8. The van der Waals surface area contributed by atoms with Gasteiger partial charge in [-0.15, -0.1) is 0 Å². The smallest absolute Gasteiger partial charge is 0.251 e. The van der Waals surface area contributed by atoms with Gasteiger partial charge in [0.2, 0.25) is 0 Å². The maximum atomic E-state index is 11.8. The predicted octanol–water partition coefficient (Wildman–Crippen LogP) is 1.90. The molecule has 4 nitrogen and oxygen atoms in total. The van der Waals surface area contributed by atoms with Gasteiger partial charge < -0.3 is 10.3 Å². The van der Waals surface area contributed by atoms with E-state index in [-0.39, 0.29) is 5.56 Å². The second kappa shape index (κ2) is 5.36. The van der Waals surface area contributed by atoms with E-state index in [0.29, 0.717) is 5.92 Å². The van der Waals surface area contributed by atoms with Gasteiger partial charge in [0, 0.05) is 24.1 Å². The predicted molar refractivity (Wildman–Crippen MR) is 75.1 cm³/mol.